The molecule has 3 rings (SSSR count). The van der Waals surface area contributed by atoms with E-state index < -0.39 is 0 Å². The number of benzene rings is 1. The Hall–Kier alpha value is -0.670. The maximum absolute atomic E-state index is 3.52. The van der Waals surface area contributed by atoms with Crippen molar-refractivity contribution in [3.63, 3.8) is 0 Å². The van der Waals surface area contributed by atoms with Crippen molar-refractivity contribution in [1.29, 1.82) is 0 Å². The zero-order valence-electron chi connectivity index (χ0n) is 7.36. The van der Waals surface area contributed by atoms with Crippen LogP contribution in [0.2, 0.25) is 0 Å². The Labute approximate surface area is 82.3 Å². The molecule has 1 N–H and O–H groups in total. The summed E-state index contributed by atoms with van der Waals surface area (Å²) in [5.74, 6) is 0. The Morgan fingerprint density at radius 3 is 3.31 bits per heavy atom. The average Bonchev–Trinajstić information content (AvgIpc) is 2.56. The molecule has 3 heteroatoms. The van der Waals surface area contributed by atoms with Crippen molar-refractivity contribution in [3.8, 4) is 0 Å². The van der Waals surface area contributed by atoms with Crippen LogP contribution in [0.25, 0.3) is 0 Å². The molecular weight excluding hydrogens is 180 g/mol. The van der Waals surface area contributed by atoms with E-state index in [2.05, 4.69) is 34.5 Å². The number of anilines is 1. The Kier molecular flexibility index (Phi) is 1.73. The number of nitrogens with zero attached hydrogens (tertiary/aromatic N) is 1. The van der Waals surface area contributed by atoms with Crippen LogP contribution in [0.3, 0.4) is 0 Å². The Morgan fingerprint density at radius 2 is 2.31 bits per heavy atom. The van der Waals surface area contributed by atoms with Gasteiger partial charge < -0.3 is 4.90 Å². The minimum atomic E-state index is 0.492. The average molecular weight is 192 g/mol. The molecule has 0 aliphatic carbocycles. The fourth-order valence-corrected chi connectivity index (χ4v) is 3.22. The minimum Gasteiger partial charge on any atom is -0.346 e. The third-order valence-electron chi connectivity index (χ3n) is 2.59. The van der Waals surface area contributed by atoms with Crippen LogP contribution < -0.4 is 10.2 Å². The van der Waals surface area contributed by atoms with Gasteiger partial charge in [0.15, 0.2) is 0 Å². The quantitative estimate of drug-likeness (QED) is 0.675. The summed E-state index contributed by atoms with van der Waals surface area (Å²) in [6.45, 7) is 2.35. The summed E-state index contributed by atoms with van der Waals surface area (Å²) >= 11 is 1.93. The molecule has 0 radical (unpaired) electrons. The fourth-order valence-electron chi connectivity index (χ4n) is 1.97. The highest BCUT2D eigenvalue weighted by Gasteiger charge is 2.30. The van der Waals surface area contributed by atoms with Crippen LogP contribution in [0.4, 0.5) is 5.69 Å². The van der Waals surface area contributed by atoms with E-state index >= 15 is 0 Å². The molecule has 1 fully saturated rings. The number of rotatable bonds is 0. The Bertz CT molecular complexity index is 326. The van der Waals surface area contributed by atoms with Gasteiger partial charge in [-0.2, -0.15) is 0 Å². The lowest BCUT2D eigenvalue weighted by Crippen LogP contribution is -2.47. The smallest absolute Gasteiger partial charge is 0.132 e. The molecular formula is C10H12N2S. The van der Waals surface area contributed by atoms with Crippen molar-refractivity contribution in [2.45, 2.75) is 16.8 Å². The van der Waals surface area contributed by atoms with Gasteiger partial charge in [0, 0.05) is 11.4 Å². The highest BCUT2D eigenvalue weighted by Crippen LogP contribution is 2.42. The summed E-state index contributed by atoms with van der Waals surface area (Å²) < 4.78 is 0. The van der Waals surface area contributed by atoms with Gasteiger partial charge in [0.1, 0.15) is 5.50 Å². The van der Waals surface area contributed by atoms with Gasteiger partial charge in [-0.1, -0.05) is 23.9 Å². The molecule has 1 aromatic rings. The first kappa shape index (κ1) is 7.71. The van der Waals surface area contributed by atoms with E-state index in [1.54, 1.807) is 0 Å². The second-order valence-electron chi connectivity index (χ2n) is 3.44. The van der Waals surface area contributed by atoms with Crippen LogP contribution in [-0.2, 0) is 0 Å². The largest absolute Gasteiger partial charge is 0.346 e. The summed E-state index contributed by atoms with van der Waals surface area (Å²) in [7, 11) is 0. The number of nitrogens with one attached hydrogen (secondary N) is 1. The second-order valence-corrected chi connectivity index (χ2v) is 4.56. The first-order valence-corrected chi connectivity index (χ1v) is 5.59. The summed E-state index contributed by atoms with van der Waals surface area (Å²) in [5, 5.41) is 3.52. The van der Waals surface area contributed by atoms with Crippen LogP contribution in [-0.4, -0.2) is 18.6 Å². The zero-order valence-corrected chi connectivity index (χ0v) is 8.18. The van der Waals surface area contributed by atoms with Crippen LogP contribution in [0.15, 0.2) is 29.2 Å². The number of hydrogen-bond donors (Lipinski definition) is 1. The molecule has 1 unspecified atom stereocenters. The van der Waals surface area contributed by atoms with Crippen LogP contribution >= 0.6 is 11.8 Å². The highest BCUT2D eigenvalue weighted by atomic mass is 32.2. The van der Waals surface area contributed by atoms with Gasteiger partial charge in [0.05, 0.1) is 5.69 Å². The fraction of sp³-hybridized carbons (Fsp3) is 0.400. The Balaban J connectivity index is 2.01. The van der Waals surface area contributed by atoms with Crippen LogP contribution in [0.5, 0.6) is 0 Å². The summed E-state index contributed by atoms with van der Waals surface area (Å²) in [6.07, 6.45) is 1.26. The van der Waals surface area contributed by atoms with Crippen molar-refractivity contribution < 1.29 is 0 Å². The molecule has 1 atom stereocenters. The molecule has 2 aliphatic heterocycles. The molecule has 2 nitrogen and oxygen atoms in total. The number of fused-ring (bicyclic) bond motifs is 3. The lowest BCUT2D eigenvalue weighted by atomic mass is 10.2. The minimum absolute atomic E-state index is 0.492. The molecule has 2 heterocycles. The van der Waals surface area contributed by atoms with Gasteiger partial charge in [-0.15, -0.1) is 0 Å². The topological polar surface area (TPSA) is 15.3 Å². The predicted octanol–water partition coefficient (Wildman–Crippen LogP) is 1.88. The maximum Gasteiger partial charge on any atom is 0.132 e. The third kappa shape index (κ3) is 1.15. The van der Waals surface area contributed by atoms with E-state index in [4.69, 9.17) is 0 Å². The first-order chi connectivity index (χ1) is 6.45. The lowest BCUT2D eigenvalue weighted by molar-refractivity contribution is 0.528. The SMILES string of the molecule is c1ccc2c(c1)SC1NCCCN21. The van der Waals surface area contributed by atoms with Crippen molar-refractivity contribution in [2.24, 2.45) is 0 Å². The van der Waals surface area contributed by atoms with Gasteiger partial charge in [0.2, 0.25) is 0 Å². The zero-order chi connectivity index (χ0) is 8.67. The van der Waals surface area contributed by atoms with E-state index in [1.807, 2.05) is 11.8 Å². The van der Waals surface area contributed by atoms with Crippen molar-refractivity contribution in [3.05, 3.63) is 24.3 Å². The van der Waals surface area contributed by atoms with Crippen molar-refractivity contribution in [2.75, 3.05) is 18.0 Å². The van der Waals surface area contributed by atoms with E-state index in [1.165, 1.54) is 23.5 Å². The third-order valence-corrected chi connectivity index (χ3v) is 3.83. The van der Waals surface area contributed by atoms with Gasteiger partial charge in [-0.05, 0) is 25.1 Å². The van der Waals surface area contributed by atoms with Gasteiger partial charge in [-0.25, -0.2) is 0 Å². The molecule has 68 valence electrons. The van der Waals surface area contributed by atoms with E-state index in [0.29, 0.717) is 5.50 Å². The number of hydrogen-bond acceptors (Lipinski definition) is 3. The van der Waals surface area contributed by atoms with Crippen LogP contribution in [0.1, 0.15) is 6.42 Å². The molecule has 0 aromatic heterocycles. The monoisotopic (exact) mass is 192 g/mol. The molecule has 0 amide bonds. The highest BCUT2D eigenvalue weighted by molar-refractivity contribution is 8.00. The van der Waals surface area contributed by atoms with Crippen molar-refractivity contribution in [1.82, 2.24) is 5.32 Å². The summed E-state index contributed by atoms with van der Waals surface area (Å²) in [5.41, 5.74) is 1.90. The molecule has 0 spiro atoms. The predicted molar refractivity (Wildman–Crippen MR) is 56.1 cm³/mol. The van der Waals surface area contributed by atoms with Gasteiger partial charge in [-0.3, -0.25) is 5.32 Å². The molecule has 0 bridgehead atoms. The van der Waals surface area contributed by atoms with Crippen LogP contribution in [0, 0.1) is 0 Å². The van der Waals surface area contributed by atoms with Gasteiger partial charge >= 0.3 is 0 Å². The van der Waals surface area contributed by atoms with Gasteiger partial charge in [0.25, 0.3) is 0 Å². The standard InChI is InChI=1S/C10H12N2S/c1-2-5-9-8(4-1)12-7-3-6-11-10(12)13-9/h1-2,4-5,10-11H,3,6-7H2. The first-order valence-electron chi connectivity index (χ1n) is 4.71. The molecule has 0 saturated carbocycles. The number of thioether (sulfide) groups is 1. The van der Waals surface area contributed by atoms with Crippen molar-refractivity contribution >= 4 is 17.4 Å². The Morgan fingerprint density at radius 1 is 1.38 bits per heavy atom. The van der Waals surface area contributed by atoms with E-state index in [0.717, 1.165) is 6.54 Å². The molecule has 1 saturated heterocycles. The van der Waals surface area contributed by atoms with E-state index in [-0.39, 0.29) is 0 Å². The van der Waals surface area contributed by atoms with E-state index in [9.17, 15) is 0 Å². The maximum atomic E-state index is 3.52. The lowest BCUT2D eigenvalue weighted by Gasteiger charge is -2.31. The normalized spacial score (nSPS) is 25.5. The summed E-state index contributed by atoms with van der Waals surface area (Å²) in [4.78, 5) is 3.88. The molecule has 1 aromatic carbocycles. The second kappa shape index (κ2) is 2.93. The summed E-state index contributed by atoms with van der Waals surface area (Å²) in [6, 6.07) is 8.66. The molecule has 13 heavy (non-hydrogen) atoms. The number of para-hydroxylation sites is 1. The molecule has 2 aliphatic rings.